The molecule has 0 aromatic heterocycles. The fraction of sp³-hybridized carbons (Fsp3) is 0.647. The summed E-state index contributed by atoms with van der Waals surface area (Å²) in [6.07, 6.45) is 2.05. The lowest BCUT2D eigenvalue weighted by Crippen LogP contribution is -2.44. The molecule has 1 aliphatic rings. The number of benzene rings is 1. The van der Waals surface area contributed by atoms with E-state index in [4.69, 9.17) is 14.2 Å². The van der Waals surface area contributed by atoms with Gasteiger partial charge in [-0.25, -0.2) is 0 Å². The van der Waals surface area contributed by atoms with E-state index in [-0.39, 0.29) is 0 Å². The fourth-order valence-electron chi connectivity index (χ4n) is 2.88. The van der Waals surface area contributed by atoms with Crippen molar-refractivity contribution >= 4 is 0 Å². The van der Waals surface area contributed by atoms with Gasteiger partial charge in [-0.05, 0) is 26.4 Å². The number of methoxy groups -OCH3 is 3. The minimum absolute atomic E-state index is 0.761. The van der Waals surface area contributed by atoms with Crippen molar-refractivity contribution in [3.05, 3.63) is 17.7 Å². The van der Waals surface area contributed by atoms with Crippen molar-refractivity contribution in [2.45, 2.75) is 12.8 Å². The minimum atomic E-state index is 0.761. The molecule has 0 bridgehead atoms. The molecule has 22 heavy (non-hydrogen) atoms. The van der Waals surface area contributed by atoms with E-state index in [2.05, 4.69) is 16.8 Å². The summed E-state index contributed by atoms with van der Waals surface area (Å²) in [5, 5.41) is 0. The Bertz CT molecular complexity index is 446. The van der Waals surface area contributed by atoms with Crippen LogP contribution in [-0.2, 0) is 6.42 Å². The van der Waals surface area contributed by atoms with Crippen LogP contribution < -0.4 is 14.2 Å². The average Bonchev–Trinajstić information content (AvgIpc) is 2.56. The molecule has 0 radical (unpaired) electrons. The maximum absolute atomic E-state index is 5.51. The molecule has 0 atom stereocenters. The van der Waals surface area contributed by atoms with Gasteiger partial charge in [0.2, 0.25) is 0 Å². The molecule has 0 N–H and O–H groups in total. The Morgan fingerprint density at radius 3 is 2.00 bits per heavy atom. The van der Waals surface area contributed by atoms with Crippen molar-refractivity contribution in [3.8, 4) is 17.2 Å². The van der Waals surface area contributed by atoms with E-state index >= 15 is 0 Å². The number of piperazine rings is 1. The Labute approximate surface area is 133 Å². The normalized spacial score (nSPS) is 16.5. The average molecular weight is 308 g/mol. The Kier molecular flexibility index (Phi) is 6.34. The van der Waals surface area contributed by atoms with Crippen LogP contribution in [0.4, 0.5) is 0 Å². The van der Waals surface area contributed by atoms with Crippen LogP contribution in [0, 0.1) is 0 Å². The summed E-state index contributed by atoms with van der Waals surface area (Å²) in [5.74, 6) is 2.45. The number of rotatable bonds is 7. The van der Waals surface area contributed by atoms with E-state index in [9.17, 15) is 0 Å². The highest BCUT2D eigenvalue weighted by Gasteiger charge is 2.16. The van der Waals surface area contributed by atoms with Crippen molar-refractivity contribution in [2.24, 2.45) is 0 Å². The van der Waals surface area contributed by atoms with Crippen LogP contribution in [0.2, 0.25) is 0 Å². The van der Waals surface area contributed by atoms with E-state index in [0.717, 1.165) is 68.4 Å². The number of ether oxygens (including phenoxy) is 3. The Balaban J connectivity index is 1.96. The summed E-state index contributed by atoms with van der Waals surface area (Å²) in [5.41, 5.74) is 1.12. The lowest BCUT2D eigenvalue weighted by molar-refractivity contribution is 0.153. The summed E-state index contributed by atoms with van der Waals surface area (Å²) < 4.78 is 16.3. The van der Waals surface area contributed by atoms with Crippen LogP contribution >= 0.6 is 0 Å². The molecule has 124 valence electrons. The number of hydrogen-bond donors (Lipinski definition) is 0. The van der Waals surface area contributed by atoms with E-state index in [1.807, 2.05) is 12.1 Å². The highest BCUT2D eigenvalue weighted by atomic mass is 16.5. The molecule has 1 aromatic carbocycles. The van der Waals surface area contributed by atoms with Gasteiger partial charge in [0.1, 0.15) is 17.2 Å². The summed E-state index contributed by atoms with van der Waals surface area (Å²) in [4.78, 5) is 4.91. The number of likely N-dealkylation sites (N-methyl/N-ethyl adjacent to an activating group) is 1. The zero-order valence-electron chi connectivity index (χ0n) is 14.2. The molecular weight excluding hydrogens is 280 g/mol. The second kappa shape index (κ2) is 8.25. The van der Waals surface area contributed by atoms with E-state index < -0.39 is 0 Å². The maximum atomic E-state index is 5.51. The first-order chi connectivity index (χ1) is 10.7. The van der Waals surface area contributed by atoms with Crippen molar-refractivity contribution in [1.29, 1.82) is 0 Å². The molecule has 0 spiro atoms. The standard InChI is InChI=1S/C17H28N2O3/c1-18-8-10-19(11-9-18)7-5-6-15-16(21-3)12-14(20-2)13-17(15)22-4/h12-13H,5-11H2,1-4H3. The van der Waals surface area contributed by atoms with Gasteiger partial charge in [0.05, 0.1) is 21.3 Å². The molecule has 0 saturated carbocycles. The first kappa shape index (κ1) is 16.9. The summed E-state index contributed by atoms with van der Waals surface area (Å²) in [6.45, 7) is 5.76. The zero-order chi connectivity index (χ0) is 15.9. The second-order valence-corrected chi connectivity index (χ2v) is 5.76. The van der Waals surface area contributed by atoms with Crippen LogP contribution in [0.15, 0.2) is 12.1 Å². The zero-order valence-corrected chi connectivity index (χ0v) is 14.2. The highest BCUT2D eigenvalue weighted by molar-refractivity contribution is 5.50. The van der Waals surface area contributed by atoms with Gasteiger partial charge in [0, 0.05) is 43.9 Å². The van der Waals surface area contributed by atoms with E-state index in [0.29, 0.717) is 0 Å². The molecule has 5 heteroatoms. The van der Waals surface area contributed by atoms with Crippen LogP contribution in [0.3, 0.4) is 0 Å². The van der Waals surface area contributed by atoms with Gasteiger partial charge in [-0.3, -0.25) is 0 Å². The predicted octanol–water partition coefficient (Wildman–Crippen LogP) is 1.89. The largest absolute Gasteiger partial charge is 0.496 e. The minimum Gasteiger partial charge on any atom is -0.496 e. The van der Waals surface area contributed by atoms with Gasteiger partial charge >= 0.3 is 0 Å². The van der Waals surface area contributed by atoms with Crippen LogP contribution in [-0.4, -0.2) is 70.9 Å². The first-order valence-corrected chi connectivity index (χ1v) is 7.87. The van der Waals surface area contributed by atoms with Crippen LogP contribution in [0.5, 0.6) is 17.2 Å². The van der Waals surface area contributed by atoms with E-state index in [1.54, 1.807) is 21.3 Å². The number of hydrogen-bond acceptors (Lipinski definition) is 5. The molecule has 0 aliphatic carbocycles. The quantitative estimate of drug-likeness (QED) is 0.768. The molecule has 2 rings (SSSR count). The van der Waals surface area contributed by atoms with Gasteiger partial charge in [0.25, 0.3) is 0 Å². The van der Waals surface area contributed by atoms with Gasteiger partial charge < -0.3 is 24.0 Å². The Morgan fingerprint density at radius 2 is 1.50 bits per heavy atom. The Morgan fingerprint density at radius 1 is 0.909 bits per heavy atom. The third-order valence-electron chi connectivity index (χ3n) is 4.31. The monoisotopic (exact) mass is 308 g/mol. The SMILES string of the molecule is COc1cc(OC)c(CCCN2CCN(C)CC2)c(OC)c1. The lowest BCUT2D eigenvalue weighted by atomic mass is 10.1. The van der Waals surface area contributed by atoms with Crippen molar-refractivity contribution in [1.82, 2.24) is 9.80 Å². The summed E-state index contributed by atoms with van der Waals surface area (Å²) >= 11 is 0. The summed E-state index contributed by atoms with van der Waals surface area (Å²) in [6, 6.07) is 3.85. The van der Waals surface area contributed by atoms with Gasteiger partial charge in [-0.1, -0.05) is 0 Å². The van der Waals surface area contributed by atoms with Crippen molar-refractivity contribution < 1.29 is 14.2 Å². The number of nitrogens with zero attached hydrogens (tertiary/aromatic N) is 2. The third kappa shape index (κ3) is 4.27. The van der Waals surface area contributed by atoms with Gasteiger partial charge in [-0.2, -0.15) is 0 Å². The van der Waals surface area contributed by atoms with Crippen molar-refractivity contribution in [3.63, 3.8) is 0 Å². The highest BCUT2D eigenvalue weighted by Crippen LogP contribution is 2.34. The molecule has 1 saturated heterocycles. The van der Waals surface area contributed by atoms with Gasteiger partial charge in [-0.15, -0.1) is 0 Å². The maximum Gasteiger partial charge on any atom is 0.129 e. The predicted molar refractivity (Wildman–Crippen MR) is 88.4 cm³/mol. The smallest absolute Gasteiger partial charge is 0.129 e. The summed E-state index contributed by atoms with van der Waals surface area (Å²) in [7, 11) is 7.22. The molecule has 5 nitrogen and oxygen atoms in total. The fourth-order valence-corrected chi connectivity index (χ4v) is 2.88. The van der Waals surface area contributed by atoms with Crippen molar-refractivity contribution in [2.75, 3.05) is 61.1 Å². The molecule has 0 amide bonds. The second-order valence-electron chi connectivity index (χ2n) is 5.76. The molecular formula is C17H28N2O3. The molecule has 1 aliphatic heterocycles. The van der Waals surface area contributed by atoms with E-state index in [1.165, 1.54) is 0 Å². The molecule has 1 heterocycles. The molecule has 0 unspecified atom stereocenters. The lowest BCUT2D eigenvalue weighted by Gasteiger charge is -2.32. The van der Waals surface area contributed by atoms with Gasteiger partial charge in [0.15, 0.2) is 0 Å². The third-order valence-corrected chi connectivity index (χ3v) is 4.31. The van der Waals surface area contributed by atoms with Crippen LogP contribution in [0.25, 0.3) is 0 Å². The topological polar surface area (TPSA) is 34.2 Å². The molecule has 1 fully saturated rings. The Hall–Kier alpha value is -1.46. The van der Waals surface area contributed by atoms with Crippen LogP contribution in [0.1, 0.15) is 12.0 Å². The molecule has 1 aromatic rings. The first-order valence-electron chi connectivity index (χ1n) is 7.87.